The van der Waals surface area contributed by atoms with Crippen molar-refractivity contribution in [2.75, 3.05) is 27.3 Å². The second-order valence-corrected chi connectivity index (χ2v) is 3.95. The van der Waals surface area contributed by atoms with Gasteiger partial charge in [-0.2, -0.15) is 0 Å². The van der Waals surface area contributed by atoms with Crippen molar-refractivity contribution >= 4 is 5.91 Å². The highest BCUT2D eigenvalue weighted by atomic mass is 16.5. The third-order valence-electron chi connectivity index (χ3n) is 2.89. The fourth-order valence-corrected chi connectivity index (χ4v) is 1.92. The first-order valence-electron chi connectivity index (χ1n) is 5.16. The zero-order valence-corrected chi connectivity index (χ0v) is 9.03. The van der Waals surface area contributed by atoms with Crippen LogP contribution in [0, 0.1) is 5.92 Å². The number of amides is 1. The molecular weight excluding hydrogens is 180 g/mol. The van der Waals surface area contributed by atoms with Crippen LogP contribution in [0.25, 0.3) is 0 Å². The molecule has 2 atom stereocenters. The van der Waals surface area contributed by atoms with Crippen molar-refractivity contribution < 1.29 is 9.53 Å². The predicted molar refractivity (Wildman–Crippen MR) is 54.8 cm³/mol. The molecule has 1 saturated carbocycles. The molecule has 82 valence electrons. The number of ether oxygens (including phenoxy) is 1. The van der Waals surface area contributed by atoms with E-state index in [1.807, 2.05) is 7.05 Å². The Morgan fingerprint density at radius 3 is 2.79 bits per heavy atom. The van der Waals surface area contributed by atoms with Gasteiger partial charge in [-0.05, 0) is 12.8 Å². The zero-order valence-electron chi connectivity index (χ0n) is 9.03. The molecule has 0 aromatic rings. The number of nitrogens with two attached hydrogens (primary N) is 1. The van der Waals surface area contributed by atoms with Crippen molar-refractivity contribution in [3.05, 3.63) is 0 Å². The molecule has 14 heavy (non-hydrogen) atoms. The van der Waals surface area contributed by atoms with Crippen LogP contribution in [0.3, 0.4) is 0 Å². The zero-order chi connectivity index (χ0) is 10.6. The van der Waals surface area contributed by atoms with E-state index >= 15 is 0 Å². The van der Waals surface area contributed by atoms with Crippen LogP contribution in [0.4, 0.5) is 0 Å². The summed E-state index contributed by atoms with van der Waals surface area (Å²) in [6, 6.07) is 0.0625. The van der Waals surface area contributed by atoms with E-state index in [2.05, 4.69) is 0 Å². The average molecular weight is 200 g/mol. The van der Waals surface area contributed by atoms with Gasteiger partial charge in [-0.3, -0.25) is 4.79 Å². The molecule has 0 unspecified atom stereocenters. The normalized spacial score (nSPS) is 26.5. The molecule has 1 fully saturated rings. The minimum absolute atomic E-state index is 0.0388. The van der Waals surface area contributed by atoms with Gasteiger partial charge in [0.1, 0.15) is 0 Å². The van der Waals surface area contributed by atoms with Crippen molar-refractivity contribution in [2.24, 2.45) is 11.7 Å². The first kappa shape index (κ1) is 11.5. The second-order valence-electron chi connectivity index (χ2n) is 3.95. The van der Waals surface area contributed by atoms with E-state index < -0.39 is 0 Å². The Hall–Kier alpha value is -0.610. The monoisotopic (exact) mass is 200 g/mol. The van der Waals surface area contributed by atoms with E-state index in [9.17, 15) is 4.79 Å². The van der Waals surface area contributed by atoms with Gasteiger partial charge in [0.15, 0.2) is 0 Å². The molecule has 0 heterocycles. The van der Waals surface area contributed by atoms with E-state index in [0.29, 0.717) is 13.2 Å². The molecule has 0 aliphatic heterocycles. The van der Waals surface area contributed by atoms with Crippen LogP contribution in [-0.4, -0.2) is 44.2 Å². The van der Waals surface area contributed by atoms with Crippen LogP contribution < -0.4 is 5.73 Å². The number of likely N-dealkylation sites (N-methyl/N-ethyl adjacent to an activating group) is 1. The van der Waals surface area contributed by atoms with E-state index in [0.717, 1.165) is 19.3 Å². The molecule has 1 amide bonds. The SMILES string of the molecule is COCCN(C)C(=O)[C@H]1CCC[C@@H]1N. The maximum Gasteiger partial charge on any atom is 0.227 e. The lowest BCUT2D eigenvalue weighted by atomic mass is 10.0. The summed E-state index contributed by atoms with van der Waals surface area (Å²) >= 11 is 0. The number of nitrogens with zero attached hydrogens (tertiary/aromatic N) is 1. The number of methoxy groups -OCH3 is 1. The van der Waals surface area contributed by atoms with Gasteiger partial charge < -0.3 is 15.4 Å². The van der Waals surface area contributed by atoms with Crippen molar-refractivity contribution in [2.45, 2.75) is 25.3 Å². The summed E-state index contributed by atoms with van der Waals surface area (Å²) in [6.45, 7) is 1.24. The van der Waals surface area contributed by atoms with E-state index in [4.69, 9.17) is 10.5 Å². The highest BCUT2D eigenvalue weighted by Crippen LogP contribution is 2.25. The Kier molecular flexibility index (Phi) is 4.35. The fourth-order valence-electron chi connectivity index (χ4n) is 1.92. The van der Waals surface area contributed by atoms with Gasteiger partial charge >= 0.3 is 0 Å². The Morgan fingerprint density at radius 2 is 2.29 bits per heavy atom. The molecule has 2 N–H and O–H groups in total. The fraction of sp³-hybridized carbons (Fsp3) is 0.900. The smallest absolute Gasteiger partial charge is 0.227 e. The van der Waals surface area contributed by atoms with Crippen LogP contribution in [-0.2, 0) is 9.53 Å². The minimum Gasteiger partial charge on any atom is -0.383 e. The summed E-state index contributed by atoms with van der Waals surface area (Å²) in [5.74, 6) is 0.212. The van der Waals surface area contributed by atoms with Crippen molar-refractivity contribution in [1.82, 2.24) is 4.90 Å². The van der Waals surface area contributed by atoms with E-state index in [1.165, 1.54) is 0 Å². The first-order chi connectivity index (χ1) is 6.66. The van der Waals surface area contributed by atoms with E-state index in [1.54, 1.807) is 12.0 Å². The summed E-state index contributed by atoms with van der Waals surface area (Å²) in [5, 5.41) is 0. The van der Waals surface area contributed by atoms with Crippen molar-refractivity contribution in [3.63, 3.8) is 0 Å². The minimum atomic E-state index is 0.0388. The molecule has 0 aromatic carbocycles. The standard InChI is InChI=1S/C10H20N2O2/c1-12(6-7-14-2)10(13)8-4-3-5-9(8)11/h8-9H,3-7,11H2,1-2H3/t8-,9-/m0/s1. The molecular formula is C10H20N2O2. The second kappa shape index (κ2) is 5.32. The number of hydrogen-bond acceptors (Lipinski definition) is 3. The van der Waals surface area contributed by atoms with Gasteiger partial charge in [-0.25, -0.2) is 0 Å². The Labute approximate surface area is 85.4 Å². The Morgan fingerprint density at radius 1 is 1.57 bits per heavy atom. The number of hydrogen-bond donors (Lipinski definition) is 1. The highest BCUT2D eigenvalue weighted by molar-refractivity contribution is 5.79. The lowest BCUT2D eigenvalue weighted by molar-refractivity contribution is -0.134. The van der Waals surface area contributed by atoms with Crippen molar-refractivity contribution in [3.8, 4) is 0 Å². The van der Waals surface area contributed by atoms with Crippen LogP contribution in [0.1, 0.15) is 19.3 Å². The van der Waals surface area contributed by atoms with Gasteiger partial charge in [-0.1, -0.05) is 6.42 Å². The molecule has 4 nitrogen and oxygen atoms in total. The van der Waals surface area contributed by atoms with Crippen LogP contribution in [0.2, 0.25) is 0 Å². The Balaban J connectivity index is 2.39. The third kappa shape index (κ3) is 2.69. The van der Waals surface area contributed by atoms with Gasteiger partial charge in [-0.15, -0.1) is 0 Å². The lowest BCUT2D eigenvalue weighted by Gasteiger charge is -2.22. The topological polar surface area (TPSA) is 55.6 Å². The summed E-state index contributed by atoms with van der Waals surface area (Å²) in [7, 11) is 3.45. The maximum atomic E-state index is 11.9. The number of carbonyl (C=O) groups excluding carboxylic acids is 1. The molecule has 0 spiro atoms. The van der Waals surface area contributed by atoms with E-state index in [-0.39, 0.29) is 17.9 Å². The van der Waals surface area contributed by atoms with Crippen LogP contribution in [0.5, 0.6) is 0 Å². The molecule has 4 heteroatoms. The van der Waals surface area contributed by atoms with Crippen molar-refractivity contribution in [1.29, 1.82) is 0 Å². The highest BCUT2D eigenvalue weighted by Gasteiger charge is 2.31. The first-order valence-corrected chi connectivity index (χ1v) is 5.16. The van der Waals surface area contributed by atoms with Crippen LogP contribution in [0.15, 0.2) is 0 Å². The van der Waals surface area contributed by atoms with Gasteiger partial charge in [0.25, 0.3) is 0 Å². The number of rotatable bonds is 4. The molecule has 1 aliphatic carbocycles. The molecule has 1 rings (SSSR count). The van der Waals surface area contributed by atoms with Crippen LogP contribution >= 0.6 is 0 Å². The summed E-state index contributed by atoms with van der Waals surface area (Å²) in [5.41, 5.74) is 5.87. The summed E-state index contributed by atoms with van der Waals surface area (Å²) in [4.78, 5) is 13.6. The number of carbonyl (C=O) groups is 1. The quantitative estimate of drug-likeness (QED) is 0.706. The predicted octanol–water partition coefficient (Wildman–Crippen LogP) is 0.219. The van der Waals surface area contributed by atoms with Gasteiger partial charge in [0.2, 0.25) is 5.91 Å². The largest absolute Gasteiger partial charge is 0.383 e. The lowest BCUT2D eigenvalue weighted by Crippen LogP contribution is -2.40. The summed E-state index contributed by atoms with van der Waals surface area (Å²) in [6.07, 6.45) is 3.00. The third-order valence-corrected chi connectivity index (χ3v) is 2.89. The summed E-state index contributed by atoms with van der Waals surface area (Å²) < 4.78 is 4.93. The Bertz CT molecular complexity index is 197. The molecule has 0 bridgehead atoms. The molecule has 1 aliphatic rings. The maximum absolute atomic E-state index is 11.9. The molecule has 0 saturated heterocycles. The van der Waals surface area contributed by atoms with Gasteiger partial charge in [0, 0.05) is 26.7 Å². The molecule has 0 aromatic heterocycles. The van der Waals surface area contributed by atoms with Gasteiger partial charge in [0.05, 0.1) is 12.5 Å². The average Bonchev–Trinajstić information content (AvgIpc) is 2.59. The molecule has 0 radical (unpaired) electrons.